The predicted octanol–water partition coefficient (Wildman–Crippen LogP) is 3.53. The normalized spacial score (nSPS) is 20.5. The zero-order chi connectivity index (χ0) is 17.0. The van der Waals surface area contributed by atoms with Crippen LogP contribution in [0.15, 0.2) is 18.2 Å². The SMILES string of the molecule is CC(=O)c1ccc(C#N)cc1NCC1(N2CCSCC2)CCCC1. The molecule has 1 saturated heterocycles. The highest BCUT2D eigenvalue weighted by Crippen LogP contribution is 2.37. The molecule has 2 fully saturated rings. The van der Waals surface area contributed by atoms with Crippen LogP contribution in [-0.2, 0) is 0 Å². The van der Waals surface area contributed by atoms with Crippen molar-refractivity contribution in [3.63, 3.8) is 0 Å². The highest BCUT2D eigenvalue weighted by molar-refractivity contribution is 7.99. The van der Waals surface area contributed by atoms with Crippen LogP contribution in [0.1, 0.15) is 48.5 Å². The van der Waals surface area contributed by atoms with Gasteiger partial charge in [0.05, 0.1) is 11.6 Å². The van der Waals surface area contributed by atoms with Crippen molar-refractivity contribution in [3.05, 3.63) is 29.3 Å². The van der Waals surface area contributed by atoms with Gasteiger partial charge in [-0.2, -0.15) is 17.0 Å². The van der Waals surface area contributed by atoms with E-state index in [2.05, 4.69) is 16.3 Å². The second-order valence-corrected chi connectivity index (χ2v) is 8.04. The summed E-state index contributed by atoms with van der Waals surface area (Å²) >= 11 is 2.04. The molecule has 128 valence electrons. The Kier molecular flexibility index (Phi) is 5.47. The fraction of sp³-hybridized carbons (Fsp3) is 0.579. The zero-order valence-electron chi connectivity index (χ0n) is 14.3. The molecule has 0 unspecified atom stereocenters. The Labute approximate surface area is 148 Å². The molecule has 1 heterocycles. The third kappa shape index (κ3) is 3.60. The number of carbonyl (C=O) groups is 1. The molecule has 1 saturated carbocycles. The number of carbonyl (C=O) groups excluding carboxylic acids is 1. The number of nitrogens with zero attached hydrogens (tertiary/aromatic N) is 2. The minimum absolute atomic E-state index is 0.0387. The van der Waals surface area contributed by atoms with Crippen molar-refractivity contribution in [1.29, 1.82) is 5.26 Å². The highest BCUT2D eigenvalue weighted by Gasteiger charge is 2.39. The molecule has 1 aliphatic carbocycles. The third-order valence-electron chi connectivity index (χ3n) is 5.35. The van der Waals surface area contributed by atoms with Crippen molar-refractivity contribution in [2.75, 3.05) is 36.5 Å². The Balaban J connectivity index is 1.80. The second kappa shape index (κ2) is 7.58. The Morgan fingerprint density at radius 1 is 1.33 bits per heavy atom. The van der Waals surface area contributed by atoms with Crippen LogP contribution >= 0.6 is 11.8 Å². The number of nitriles is 1. The molecule has 0 amide bonds. The molecule has 0 bridgehead atoms. The maximum atomic E-state index is 11.9. The zero-order valence-corrected chi connectivity index (χ0v) is 15.1. The fourth-order valence-corrected chi connectivity index (χ4v) is 4.91. The van der Waals surface area contributed by atoms with E-state index in [1.165, 1.54) is 37.2 Å². The maximum Gasteiger partial charge on any atom is 0.161 e. The van der Waals surface area contributed by atoms with E-state index in [-0.39, 0.29) is 11.3 Å². The molecule has 5 heteroatoms. The number of hydrogen-bond donors (Lipinski definition) is 1. The van der Waals surface area contributed by atoms with Gasteiger partial charge in [-0.25, -0.2) is 0 Å². The summed E-state index contributed by atoms with van der Waals surface area (Å²) < 4.78 is 0. The van der Waals surface area contributed by atoms with E-state index in [1.54, 1.807) is 19.1 Å². The molecule has 0 atom stereocenters. The van der Waals surface area contributed by atoms with Gasteiger partial charge in [-0.1, -0.05) is 12.8 Å². The van der Waals surface area contributed by atoms with Gasteiger partial charge in [0.15, 0.2) is 5.78 Å². The number of ketones is 1. The summed E-state index contributed by atoms with van der Waals surface area (Å²) in [6, 6.07) is 7.46. The molecular weight excluding hydrogens is 318 g/mol. The largest absolute Gasteiger partial charge is 0.383 e. The van der Waals surface area contributed by atoms with Crippen LogP contribution < -0.4 is 5.32 Å². The Bertz CT molecular complexity index is 641. The van der Waals surface area contributed by atoms with Gasteiger partial charge in [-0.05, 0) is 38.0 Å². The van der Waals surface area contributed by atoms with Crippen molar-refractivity contribution in [1.82, 2.24) is 4.90 Å². The summed E-state index contributed by atoms with van der Waals surface area (Å²) in [5.74, 6) is 2.46. The number of hydrogen-bond acceptors (Lipinski definition) is 5. The first-order chi connectivity index (χ1) is 11.6. The summed E-state index contributed by atoms with van der Waals surface area (Å²) in [6.45, 7) is 4.75. The van der Waals surface area contributed by atoms with Crippen molar-refractivity contribution in [2.45, 2.75) is 38.1 Å². The van der Waals surface area contributed by atoms with Gasteiger partial charge in [-0.3, -0.25) is 9.69 Å². The number of benzene rings is 1. The Morgan fingerprint density at radius 3 is 2.67 bits per heavy atom. The van der Waals surface area contributed by atoms with Crippen molar-refractivity contribution < 1.29 is 4.79 Å². The molecule has 3 rings (SSSR count). The topological polar surface area (TPSA) is 56.1 Å². The van der Waals surface area contributed by atoms with Crippen LogP contribution in [0.2, 0.25) is 0 Å². The minimum atomic E-state index is 0.0387. The second-order valence-electron chi connectivity index (χ2n) is 6.81. The van der Waals surface area contributed by atoms with Gasteiger partial charge < -0.3 is 5.32 Å². The summed E-state index contributed by atoms with van der Waals surface area (Å²) in [5.41, 5.74) is 2.28. The monoisotopic (exact) mass is 343 g/mol. The fourth-order valence-electron chi connectivity index (χ4n) is 4.00. The van der Waals surface area contributed by atoms with Gasteiger partial charge in [0.2, 0.25) is 0 Å². The molecule has 0 radical (unpaired) electrons. The van der Waals surface area contributed by atoms with Gasteiger partial charge >= 0.3 is 0 Å². The highest BCUT2D eigenvalue weighted by atomic mass is 32.2. The van der Waals surface area contributed by atoms with Crippen LogP contribution in [-0.4, -0.2) is 47.4 Å². The molecule has 1 aromatic carbocycles. The predicted molar refractivity (Wildman–Crippen MR) is 99.7 cm³/mol. The van der Waals surface area contributed by atoms with Crippen molar-refractivity contribution >= 4 is 23.2 Å². The quantitative estimate of drug-likeness (QED) is 0.829. The number of thioether (sulfide) groups is 1. The van der Waals surface area contributed by atoms with E-state index in [9.17, 15) is 4.79 Å². The molecule has 2 aliphatic rings. The summed E-state index contributed by atoms with van der Waals surface area (Å²) in [7, 11) is 0. The van der Waals surface area contributed by atoms with E-state index in [0.29, 0.717) is 11.1 Å². The van der Waals surface area contributed by atoms with E-state index in [0.717, 1.165) is 25.3 Å². The molecule has 1 aliphatic heterocycles. The first kappa shape index (κ1) is 17.3. The lowest BCUT2D eigenvalue weighted by molar-refractivity contribution is 0.101. The Morgan fingerprint density at radius 2 is 2.04 bits per heavy atom. The third-order valence-corrected chi connectivity index (χ3v) is 6.29. The number of rotatable bonds is 5. The summed E-state index contributed by atoms with van der Waals surface area (Å²) in [4.78, 5) is 14.6. The van der Waals surface area contributed by atoms with Crippen LogP contribution in [0.4, 0.5) is 5.69 Å². The van der Waals surface area contributed by atoms with Gasteiger partial charge in [-0.15, -0.1) is 0 Å². The molecule has 0 spiro atoms. The molecular formula is C19H25N3OS. The van der Waals surface area contributed by atoms with Crippen LogP contribution in [0.25, 0.3) is 0 Å². The molecule has 4 nitrogen and oxygen atoms in total. The minimum Gasteiger partial charge on any atom is -0.383 e. The smallest absolute Gasteiger partial charge is 0.161 e. The lowest BCUT2D eigenvalue weighted by Gasteiger charge is -2.43. The summed E-state index contributed by atoms with van der Waals surface area (Å²) in [5, 5.41) is 12.7. The first-order valence-electron chi connectivity index (χ1n) is 8.76. The lowest BCUT2D eigenvalue weighted by Crippen LogP contribution is -2.54. The maximum absolute atomic E-state index is 11.9. The molecule has 0 aromatic heterocycles. The average Bonchev–Trinajstić information content (AvgIpc) is 3.10. The lowest BCUT2D eigenvalue weighted by atomic mass is 9.94. The number of nitrogens with one attached hydrogen (secondary N) is 1. The van der Waals surface area contributed by atoms with Crippen LogP contribution in [0.3, 0.4) is 0 Å². The van der Waals surface area contributed by atoms with E-state index >= 15 is 0 Å². The van der Waals surface area contributed by atoms with Gasteiger partial charge in [0.25, 0.3) is 0 Å². The van der Waals surface area contributed by atoms with E-state index < -0.39 is 0 Å². The molecule has 1 aromatic rings. The summed E-state index contributed by atoms with van der Waals surface area (Å²) in [6.07, 6.45) is 5.00. The Hall–Kier alpha value is -1.51. The molecule has 24 heavy (non-hydrogen) atoms. The van der Waals surface area contributed by atoms with Gasteiger partial charge in [0.1, 0.15) is 0 Å². The van der Waals surface area contributed by atoms with Crippen molar-refractivity contribution in [3.8, 4) is 6.07 Å². The number of anilines is 1. The van der Waals surface area contributed by atoms with E-state index in [4.69, 9.17) is 5.26 Å². The van der Waals surface area contributed by atoms with Gasteiger partial charge in [0, 0.05) is 47.9 Å². The van der Waals surface area contributed by atoms with Crippen LogP contribution in [0, 0.1) is 11.3 Å². The van der Waals surface area contributed by atoms with Crippen LogP contribution in [0.5, 0.6) is 0 Å². The standard InChI is InChI=1S/C19H25N3OS/c1-15(23)17-5-4-16(13-20)12-18(17)21-14-19(6-2-3-7-19)22-8-10-24-11-9-22/h4-5,12,21H,2-3,6-11,14H2,1H3. The average molecular weight is 343 g/mol. The molecule has 1 N–H and O–H groups in total. The van der Waals surface area contributed by atoms with Crippen molar-refractivity contribution in [2.24, 2.45) is 0 Å². The first-order valence-corrected chi connectivity index (χ1v) is 9.92. The van der Waals surface area contributed by atoms with E-state index in [1.807, 2.05) is 17.8 Å². The number of Topliss-reactive ketones (excluding diaryl/α,β-unsaturated/α-hetero) is 1.